The highest BCUT2D eigenvalue weighted by Gasteiger charge is 2.42. The lowest BCUT2D eigenvalue weighted by Crippen LogP contribution is -2.36. The van der Waals surface area contributed by atoms with E-state index >= 15 is 0 Å². The van der Waals surface area contributed by atoms with E-state index in [4.69, 9.17) is 9.47 Å². The van der Waals surface area contributed by atoms with Crippen LogP contribution in [0.25, 0.3) is 0 Å². The summed E-state index contributed by atoms with van der Waals surface area (Å²) >= 11 is 0. The second-order valence-electron chi connectivity index (χ2n) is 9.56. The molecule has 0 unspecified atom stereocenters. The molecule has 1 aliphatic rings. The van der Waals surface area contributed by atoms with Crippen LogP contribution in [-0.4, -0.2) is 44.0 Å². The third-order valence-corrected chi connectivity index (χ3v) is 5.84. The minimum absolute atomic E-state index is 0.0530. The summed E-state index contributed by atoms with van der Waals surface area (Å²) in [5.41, 5.74) is 1.84. The smallest absolute Gasteiger partial charge is 0.225 e. The van der Waals surface area contributed by atoms with Gasteiger partial charge in [-0.15, -0.1) is 0 Å². The fourth-order valence-corrected chi connectivity index (χ4v) is 4.19. The van der Waals surface area contributed by atoms with Gasteiger partial charge in [0.2, 0.25) is 11.8 Å². The Hall–Kier alpha value is -3.02. The zero-order valence-electron chi connectivity index (χ0n) is 19.7. The predicted octanol–water partition coefficient (Wildman–Crippen LogP) is 4.00. The number of likely N-dealkylation sites (tertiary alicyclic amines) is 1. The molecule has 32 heavy (non-hydrogen) atoms. The Bertz CT molecular complexity index is 937. The SMILES string of the molecule is COc1ccc([C@@H]2CN(C(=O)CC(C)(C)C)C[C@H]2C(=O)NCc2ccccc2)c(OC)c1. The average molecular weight is 439 g/mol. The van der Waals surface area contributed by atoms with Crippen LogP contribution in [0.2, 0.25) is 0 Å². The second-order valence-corrected chi connectivity index (χ2v) is 9.56. The van der Waals surface area contributed by atoms with Crippen LogP contribution in [0.4, 0.5) is 0 Å². The first kappa shape index (κ1) is 23.6. The van der Waals surface area contributed by atoms with Crippen LogP contribution in [0.5, 0.6) is 11.5 Å². The maximum absolute atomic E-state index is 13.3. The van der Waals surface area contributed by atoms with E-state index in [2.05, 4.69) is 26.1 Å². The van der Waals surface area contributed by atoms with Gasteiger partial charge in [0.25, 0.3) is 0 Å². The predicted molar refractivity (Wildman–Crippen MR) is 125 cm³/mol. The third-order valence-electron chi connectivity index (χ3n) is 5.84. The molecule has 1 aliphatic heterocycles. The molecular weight excluding hydrogens is 404 g/mol. The number of rotatable bonds is 7. The summed E-state index contributed by atoms with van der Waals surface area (Å²) in [6, 6.07) is 15.5. The van der Waals surface area contributed by atoms with Gasteiger partial charge in [-0.3, -0.25) is 9.59 Å². The number of benzene rings is 2. The molecule has 2 aromatic rings. The van der Waals surface area contributed by atoms with Crippen molar-refractivity contribution in [3.63, 3.8) is 0 Å². The number of hydrogen-bond donors (Lipinski definition) is 1. The van der Waals surface area contributed by atoms with E-state index in [1.807, 2.05) is 53.4 Å². The van der Waals surface area contributed by atoms with Gasteiger partial charge in [0.05, 0.1) is 20.1 Å². The molecule has 2 aromatic carbocycles. The summed E-state index contributed by atoms with van der Waals surface area (Å²) in [4.78, 5) is 28.1. The number of carbonyl (C=O) groups is 2. The van der Waals surface area contributed by atoms with Crippen molar-refractivity contribution in [3.8, 4) is 11.5 Å². The Kier molecular flexibility index (Phi) is 7.44. The van der Waals surface area contributed by atoms with Crippen molar-refractivity contribution in [3.05, 3.63) is 59.7 Å². The van der Waals surface area contributed by atoms with Crippen molar-refractivity contribution in [2.24, 2.45) is 11.3 Å². The van der Waals surface area contributed by atoms with Crippen LogP contribution < -0.4 is 14.8 Å². The quantitative estimate of drug-likeness (QED) is 0.710. The zero-order chi connectivity index (χ0) is 23.3. The summed E-state index contributed by atoms with van der Waals surface area (Å²) < 4.78 is 10.9. The Labute approximate surface area is 190 Å². The number of nitrogens with one attached hydrogen (secondary N) is 1. The molecule has 0 aromatic heterocycles. The van der Waals surface area contributed by atoms with Gasteiger partial charge >= 0.3 is 0 Å². The lowest BCUT2D eigenvalue weighted by atomic mass is 9.87. The van der Waals surface area contributed by atoms with Gasteiger partial charge in [0.1, 0.15) is 11.5 Å². The molecule has 6 nitrogen and oxygen atoms in total. The third kappa shape index (κ3) is 5.81. The van der Waals surface area contributed by atoms with Crippen molar-refractivity contribution in [2.75, 3.05) is 27.3 Å². The zero-order valence-corrected chi connectivity index (χ0v) is 19.7. The topological polar surface area (TPSA) is 67.9 Å². The van der Waals surface area contributed by atoms with Crippen molar-refractivity contribution in [2.45, 2.75) is 39.7 Å². The Balaban J connectivity index is 1.85. The van der Waals surface area contributed by atoms with E-state index in [9.17, 15) is 9.59 Å². The highest BCUT2D eigenvalue weighted by Crippen LogP contribution is 2.40. The number of hydrogen-bond acceptors (Lipinski definition) is 4. The maximum atomic E-state index is 13.3. The Morgan fingerprint density at radius 1 is 1.03 bits per heavy atom. The largest absolute Gasteiger partial charge is 0.497 e. The molecule has 2 amide bonds. The molecule has 1 saturated heterocycles. The van der Waals surface area contributed by atoms with Crippen LogP contribution in [0, 0.1) is 11.3 Å². The number of carbonyl (C=O) groups excluding carboxylic acids is 2. The van der Waals surface area contributed by atoms with Gasteiger partial charge in [-0.25, -0.2) is 0 Å². The number of nitrogens with zero attached hydrogens (tertiary/aromatic N) is 1. The van der Waals surface area contributed by atoms with Crippen LogP contribution in [0.15, 0.2) is 48.5 Å². The van der Waals surface area contributed by atoms with E-state index in [0.29, 0.717) is 37.6 Å². The maximum Gasteiger partial charge on any atom is 0.225 e. The minimum atomic E-state index is -0.357. The van der Waals surface area contributed by atoms with Gasteiger partial charge < -0.3 is 19.7 Å². The standard InChI is InChI=1S/C26H34N2O4/c1-26(2,3)14-24(29)28-16-21(20-12-11-19(31-4)13-23(20)32-5)22(17-28)25(30)27-15-18-9-7-6-8-10-18/h6-13,21-22H,14-17H2,1-5H3,(H,27,30)/t21-,22+/m0/s1. The Morgan fingerprint density at radius 3 is 2.38 bits per heavy atom. The van der Waals surface area contributed by atoms with Crippen LogP contribution in [-0.2, 0) is 16.1 Å². The number of methoxy groups -OCH3 is 2. The summed E-state index contributed by atoms with van der Waals surface area (Å²) in [6.45, 7) is 7.49. The van der Waals surface area contributed by atoms with Crippen molar-refractivity contribution in [1.29, 1.82) is 0 Å². The van der Waals surface area contributed by atoms with Crippen molar-refractivity contribution < 1.29 is 19.1 Å². The molecule has 2 atom stereocenters. The Morgan fingerprint density at radius 2 is 1.75 bits per heavy atom. The molecule has 1 fully saturated rings. The first-order chi connectivity index (χ1) is 15.2. The molecule has 1 N–H and O–H groups in total. The van der Waals surface area contributed by atoms with E-state index in [1.54, 1.807) is 14.2 Å². The van der Waals surface area contributed by atoms with Gasteiger partial charge in [-0.1, -0.05) is 57.2 Å². The van der Waals surface area contributed by atoms with E-state index in [1.165, 1.54) is 0 Å². The molecule has 172 valence electrons. The van der Waals surface area contributed by atoms with Gasteiger partial charge in [-0.05, 0) is 17.0 Å². The second kappa shape index (κ2) is 10.1. The van der Waals surface area contributed by atoms with Crippen molar-refractivity contribution in [1.82, 2.24) is 10.2 Å². The van der Waals surface area contributed by atoms with Gasteiger partial charge in [0, 0.05) is 43.6 Å². The molecule has 0 radical (unpaired) electrons. The molecule has 0 saturated carbocycles. The molecular formula is C26H34N2O4. The molecule has 1 heterocycles. The monoisotopic (exact) mass is 438 g/mol. The van der Waals surface area contributed by atoms with Crippen LogP contribution >= 0.6 is 0 Å². The van der Waals surface area contributed by atoms with E-state index < -0.39 is 0 Å². The first-order valence-corrected chi connectivity index (χ1v) is 11.0. The van der Waals surface area contributed by atoms with Gasteiger partial charge in [-0.2, -0.15) is 0 Å². The summed E-state index contributed by atoms with van der Waals surface area (Å²) in [7, 11) is 3.22. The fraction of sp³-hybridized carbons (Fsp3) is 0.462. The summed E-state index contributed by atoms with van der Waals surface area (Å²) in [6.07, 6.45) is 0.442. The number of amides is 2. The lowest BCUT2D eigenvalue weighted by Gasteiger charge is -2.23. The molecule has 0 bridgehead atoms. The number of ether oxygens (including phenoxy) is 2. The first-order valence-electron chi connectivity index (χ1n) is 11.0. The molecule has 0 spiro atoms. The molecule has 3 rings (SSSR count). The highest BCUT2D eigenvalue weighted by atomic mass is 16.5. The fourth-order valence-electron chi connectivity index (χ4n) is 4.19. The van der Waals surface area contributed by atoms with Crippen LogP contribution in [0.1, 0.15) is 44.2 Å². The van der Waals surface area contributed by atoms with Crippen molar-refractivity contribution >= 4 is 11.8 Å². The van der Waals surface area contributed by atoms with Crippen LogP contribution in [0.3, 0.4) is 0 Å². The lowest BCUT2D eigenvalue weighted by molar-refractivity contribution is -0.132. The molecule has 6 heteroatoms. The minimum Gasteiger partial charge on any atom is -0.497 e. The van der Waals surface area contributed by atoms with E-state index in [0.717, 1.165) is 11.1 Å². The van der Waals surface area contributed by atoms with Gasteiger partial charge in [0.15, 0.2) is 0 Å². The highest BCUT2D eigenvalue weighted by molar-refractivity contribution is 5.83. The normalized spacial score (nSPS) is 18.3. The average Bonchev–Trinajstić information content (AvgIpc) is 3.22. The summed E-state index contributed by atoms with van der Waals surface area (Å²) in [5.74, 6) is 0.867. The van der Waals surface area contributed by atoms with E-state index in [-0.39, 0.29) is 29.1 Å². The summed E-state index contributed by atoms with van der Waals surface area (Å²) in [5, 5.41) is 3.07. The molecule has 0 aliphatic carbocycles.